The quantitative estimate of drug-likeness (QED) is 0.811. The van der Waals surface area contributed by atoms with Crippen LogP contribution in [-0.2, 0) is 13.0 Å². The summed E-state index contributed by atoms with van der Waals surface area (Å²) in [5, 5.41) is 18.6. The number of hydrogen-bond acceptors (Lipinski definition) is 4. The maximum atomic E-state index is 12.0. The van der Waals surface area contributed by atoms with E-state index >= 15 is 0 Å². The molecular weight excluding hydrogens is 286 g/mol. The number of aryl methyl sites for hydroxylation is 1. The highest BCUT2D eigenvalue weighted by Crippen LogP contribution is 2.30. The van der Waals surface area contributed by atoms with E-state index < -0.39 is 6.10 Å². The molecule has 1 aromatic carbocycles. The van der Waals surface area contributed by atoms with Crippen LogP contribution in [0.25, 0.3) is 0 Å². The van der Waals surface area contributed by atoms with Gasteiger partial charge in [0, 0.05) is 11.8 Å². The SMILES string of the molecule is Cc1nc(CNC(=O)N[C@H]2c3ccccc3C[C@H]2O)cs1. The number of benzene rings is 1. The summed E-state index contributed by atoms with van der Waals surface area (Å²) in [6, 6.07) is 7.15. The van der Waals surface area contributed by atoms with Gasteiger partial charge in [0.05, 0.1) is 29.4 Å². The number of thiazole rings is 1. The molecule has 0 radical (unpaired) electrons. The highest BCUT2D eigenvalue weighted by atomic mass is 32.1. The summed E-state index contributed by atoms with van der Waals surface area (Å²) < 4.78 is 0. The van der Waals surface area contributed by atoms with Crippen LogP contribution in [-0.4, -0.2) is 22.2 Å². The van der Waals surface area contributed by atoms with Gasteiger partial charge in [0.2, 0.25) is 0 Å². The third-order valence-electron chi connectivity index (χ3n) is 3.59. The largest absolute Gasteiger partial charge is 0.390 e. The van der Waals surface area contributed by atoms with Crippen LogP contribution in [0.5, 0.6) is 0 Å². The second-order valence-corrected chi connectivity index (χ2v) is 6.20. The number of urea groups is 1. The average Bonchev–Trinajstić information content (AvgIpc) is 3.01. The Morgan fingerprint density at radius 3 is 3.05 bits per heavy atom. The lowest BCUT2D eigenvalue weighted by Crippen LogP contribution is -2.40. The Balaban J connectivity index is 1.60. The molecule has 1 aromatic heterocycles. The molecule has 0 saturated heterocycles. The lowest BCUT2D eigenvalue weighted by atomic mass is 10.1. The third-order valence-corrected chi connectivity index (χ3v) is 4.41. The summed E-state index contributed by atoms with van der Waals surface area (Å²) in [6.07, 6.45) is 0.00141. The monoisotopic (exact) mass is 303 g/mol. The van der Waals surface area contributed by atoms with E-state index in [-0.39, 0.29) is 12.1 Å². The van der Waals surface area contributed by atoms with E-state index in [2.05, 4.69) is 15.6 Å². The molecule has 0 fully saturated rings. The first-order chi connectivity index (χ1) is 10.1. The minimum atomic E-state index is -0.574. The van der Waals surface area contributed by atoms with Gasteiger partial charge in [-0.15, -0.1) is 11.3 Å². The number of aliphatic hydroxyl groups is 1. The molecule has 6 heteroatoms. The minimum Gasteiger partial charge on any atom is -0.390 e. The number of carbonyl (C=O) groups excluding carboxylic acids is 1. The Hall–Kier alpha value is -1.92. The van der Waals surface area contributed by atoms with Crippen molar-refractivity contribution in [2.24, 2.45) is 0 Å². The van der Waals surface area contributed by atoms with Crippen LogP contribution < -0.4 is 10.6 Å². The van der Waals surface area contributed by atoms with Crippen molar-refractivity contribution >= 4 is 17.4 Å². The van der Waals surface area contributed by atoms with Crippen molar-refractivity contribution in [1.82, 2.24) is 15.6 Å². The van der Waals surface area contributed by atoms with Gasteiger partial charge in [-0.3, -0.25) is 0 Å². The molecule has 0 aliphatic heterocycles. The number of aromatic nitrogens is 1. The van der Waals surface area contributed by atoms with E-state index in [1.165, 1.54) is 0 Å². The number of hydrogen-bond donors (Lipinski definition) is 3. The fourth-order valence-electron chi connectivity index (χ4n) is 2.60. The van der Waals surface area contributed by atoms with Gasteiger partial charge in [0.25, 0.3) is 0 Å². The van der Waals surface area contributed by atoms with E-state index in [1.807, 2.05) is 36.6 Å². The molecule has 0 saturated carbocycles. The molecule has 0 unspecified atom stereocenters. The Labute approximate surface area is 127 Å². The van der Waals surface area contributed by atoms with Crippen LogP contribution >= 0.6 is 11.3 Å². The first-order valence-corrected chi connectivity index (χ1v) is 7.72. The van der Waals surface area contributed by atoms with Crippen LogP contribution in [0.15, 0.2) is 29.6 Å². The fourth-order valence-corrected chi connectivity index (χ4v) is 3.21. The number of rotatable bonds is 3. The van der Waals surface area contributed by atoms with Gasteiger partial charge in [-0.05, 0) is 18.1 Å². The predicted octanol–water partition coefficient (Wildman–Crippen LogP) is 1.91. The zero-order valence-electron chi connectivity index (χ0n) is 11.7. The first-order valence-electron chi connectivity index (χ1n) is 6.84. The smallest absolute Gasteiger partial charge is 0.315 e. The summed E-state index contributed by atoms with van der Waals surface area (Å²) in [7, 11) is 0. The molecule has 3 N–H and O–H groups in total. The third kappa shape index (κ3) is 3.06. The summed E-state index contributed by atoms with van der Waals surface area (Å²) in [5.74, 6) is 0. The number of nitrogens with one attached hydrogen (secondary N) is 2. The second kappa shape index (κ2) is 5.83. The van der Waals surface area contributed by atoms with Gasteiger partial charge < -0.3 is 15.7 Å². The zero-order chi connectivity index (χ0) is 14.8. The lowest BCUT2D eigenvalue weighted by Gasteiger charge is -2.18. The van der Waals surface area contributed by atoms with Gasteiger partial charge >= 0.3 is 6.03 Å². The number of nitrogens with zero attached hydrogens (tertiary/aromatic N) is 1. The molecule has 3 rings (SSSR count). The average molecular weight is 303 g/mol. The van der Waals surface area contributed by atoms with Gasteiger partial charge in [-0.25, -0.2) is 9.78 Å². The highest BCUT2D eigenvalue weighted by molar-refractivity contribution is 7.09. The molecule has 0 spiro atoms. The van der Waals surface area contributed by atoms with Gasteiger partial charge in [0.1, 0.15) is 0 Å². The zero-order valence-corrected chi connectivity index (χ0v) is 12.5. The topological polar surface area (TPSA) is 74.2 Å². The Morgan fingerprint density at radius 1 is 1.48 bits per heavy atom. The maximum absolute atomic E-state index is 12.0. The normalized spacial score (nSPS) is 20.1. The van der Waals surface area contributed by atoms with Gasteiger partial charge in [-0.1, -0.05) is 24.3 Å². The Morgan fingerprint density at radius 2 is 2.29 bits per heavy atom. The molecule has 1 heterocycles. The van der Waals surface area contributed by atoms with E-state index in [4.69, 9.17) is 0 Å². The van der Waals surface area contributed by atoms with Crippen LogP contribution in [0.1, 0.15) is 27.9 Å². The lowest BCUT2D eigenvalue weighted by molar-refractivity contribution is 0.142. The van der Waals surface area contributed by atoms with E-state index in [9.17, 15) is 9.90 Å². The van der Waals surface area contributed by atoms with Crippen molar-refractivity contribution in [2.45, 2.75) is 32.0 Å². The molecule has 5 nitrogen and oxygen atoms in total. The summed E-state index contributed by atoms with van der Waals surface area (Å²) in [6.45, 7) is 2.32. The maximum Gasteiger partial charge on any atom is 0.315 e. The van der Waals surface area contributed by atoms with Crippen molar-refractivity contribution in [3.8, 4) is 0 Å². The Kier molecular flexibility index (Phi) is 3.90. The highest BCUT2D eigenvalue weighted by Gasteiger charge is 2.31. The minimum absolute atomic E-state index is 0.290. The van der Waals surface area contributed by atoms with Crippen molar-refractivity contribution in [3.05, 3.63) is 51.5 Å². The van der Waals surface area contributed by atoms with Gasteiger partial charge in [0.15, 0.2) is 0 Å². The number of aliphatic hydroxyl groups excluding tert-OH is 1. The van der Waals surface area contributed by atoms with Crippen LogP contribution in [0.3, 0.4) is 0 Å². The van der Waals surface area contributed by atoms with E-state index in [0.717, 1.165) is 21.8 Å². The molecule has 1 aliphatic carbocycles. The molecule has 2 atom stereocenters. The molecule has 1 aliphatic rings. The molecule has 2 amide bonds. The number of amides is 2. The first kappa shape index (κ1) is 14.0. The van der Waals surface area contributed by atoms with Crippen molar-refractivity contribution < 1.29 is 9.90 Å². The molecule has 21 heavy (non-hydrogen) atoms. The van der Waals surface area contributed by atoms with Crippen molar-refractivity contribution in [3.63, 3.8) is 0 Å². The second-order valence-electron chi connectivity index (χ2n) is 5.13. The van der Waals surface area contributed by atoms with E-state index in [1.54, 1.807) is 11.3 Å². The number of carbonyl (C=O) groups is 1. The van der Waals surface area contributed by atoms with Crippen LogP contribution in [0.4, 0.5) is 4.79 Å². The van der Waals surface area contributed by atoms with Crippen LogP contribution in [0.2, 0.25) is 0 Å². The summed E-state index contributed by atoms with van der Waals surface area (Å²) in [4.78, 5) is 16.3. The standard InChI is InChI=1S/C15H17N3O2S/c1-9-17-11(8-21-9)7-16-15(20)18-14-12-5-3-2-4-10(12)6-13(14)19/h2-5,8,13-14,19H,6-7H2,1H3,(H2,16,18,20)/t13-,14+/m1/s1. The fraction of sp³-hybridized carbons (Fsp3) is 0.333. The number of fused-ring (bicyclic) bond motifs is 1. The van der Waals surface area contributed by atoms with Gasteiger partial charge in [-0.2, -0.15) is 0 Å². The molecule has 0 bridgehead atoms. The molecular formula is C15H17N3O2S. The molecule has 110 valence electrons. The van der Waals surface area contributed by atoms with Crippen molar-refractivity contribution in [1.29, 1.82) is 0 Å². The van der Waals surface area contributed by atoms with E-state index in [0.29, 0.717) is 13.0 Å². The van der Waals surface area contributed by atoms with Crippen molar-refractivity contribution in [2.75, 3.05) is 0 Å². The molecule has 2 aromatic rings. The Bertz CT molecular complexity index is 656. The predicted molar refractivity (Wildman–Crippen MR) is 81.1 cm³/mol. The van der Waals surface area contributed by atoms with Crippen LogP contribution in [0, 0.1) is 6.92 Å². The summed E-state index contributed by atoms with van der Waals surface area (Å²) in [5.41, 5.74) is 2.93. The summed E-state index contributed by atoms with van der Waals surface area (Å²) >= 11 is 1.56.